The molecule has 2 rings (SSSR count). The molecule has 0 unspecified atom stereocenters. The van der Waals surface area contributed by atoms with Crippen LogP contribution in [0.25, 0.3) is 0 Å². The molecule has 1 aromatic carbocycles. The van der Waals surface area contributed by atoms with Crippen molar-refractivity contribution in [3.05, 3.63) is 53.4 Å². The van der Waals surface area contributed by atoms with E-state index in [0.29, 0.717) is 5.56 Å². The highest BCUT2D eigenvalue weighted by Crippen LogP contribution is 2.22. The SMILES string of the molecule is Nc1cnc(Cc2ccccc2F)nc1C(F)F. The summed E-state index contributed by atoms with van der Waals surface area (Å²) in [4.78, 5) is 7.48. The molecule has 0 bridgehead atoms. The van der Waals surface area contributed by atoms with E-state index in [9.17, 15) is 13.2 Å². The Kier molecular flexibility index (Phi) is 3.45. The first kappa shape index (κ1) is 12.3. The number of hydrogen-bond acceptors (Lipinski definition) is 3. The molecule has 1 aromatic heterocycles. The molecule has 0 radical (unpaired) electrons. The number of benzene rings is 1. The summed E-state index contributed by atoms with van der Waals surface area (Å²) < 4.78 is 38.5. The average molecular weight is 253 g/mol. The quantitative estimate of drug-likeness (QED) is 0.915. The van der Waals surface area contributed by atoms with Gasteiger partial charge in [0.05, 0.1) is 11.9 Å². The molecule has 0 spiro atoms. The summed E-state index contributed by atoms with van der Waals surface area (Å²) in [5, 5.41) is 0. The summed E-state index contributed by atoms with van der Waals surface area (Å²) in [6.07, 6.45) is -1.61. The number of aromatic nitrogens is 2. The molecule has 0 aliphatic heterocycles. The molecule has 0 amide bonds. The summed E-state index contributed by atoms with van der Waals surface area (Å²) in [6.45, 7) is 0. The lowest BCUT2D eigenvalue weighted by molar-refractivity contribution is 0.146. The molecule has 6 heteroatoms. The van der Waals surface area contributed by atoms with Gasteiger partial charge in [0.2, 0.25) is 0 Å². The van der Waals surface area contributed by atoms with Gasteiger partial charge >= 0.3 is 0 Å². The van der Waals surface area contributed by atoms with Crippen LogP contribution in [0.2, 0.25) is 0 Å². The van der Waals surface area contributed by atoms with E-state index in [0.717, 1.165) is 6.20 Å². The fraction of sp³-hybridized carbons (Fsp3) is 0.167. The maximum absolute atomic E-state index is 13.4. The fourth-order valence-corrected chi connectivity index (χ4v) is 1.51. The van der Waals surface area contributed by atoms with Crippen LogP contribution in [0.1, 0.15) is 23.5 Å². The topological polar surface area (TPSA) is 51.8 Å². The van der Waals surface area contributed by atoms with Crippen LogP contribution < -0.4 is 5.73 Å². The van der Waals surface area contributed by atoms with Gasteiger partial charge < -0.3 is 5.73 Å². The van der Waals surface area contributed by atoms with Crippen LogP contribution in [0.5, 0.6) is 0 Å². The van der Waals surface area contributed by atoms with E-state index in [-0.39, 0.29) is 17.9 Å². The largest absolute Gasteiger partial charge is 0.396 e. The number of nitrogen functional groups attached to an aromatic ring is 1. The lowest BCUT2D eigenvalue weighted by Gasteiger charge is -2.06. The van der Waals surface area contributed by atoms with Crippen molar-refractivity contribution < 1.29 is 13.2 Å². The number of nitrogens with zero attached hydrogens (tertiary/aromatic N) is 2. The van der Waals surface area contributed by atoms with E-state index in [1.165, 1.54) is 6.07 Å². The van der Waals surface area contributed by atoms with Crippen molar-refractivity contribution in [1.29, 1.82) is 0 Å². The molecule has 94 valence electrons. The first-order valence-corrected chi connectivity index (χ1v) is 5.20. The summed E-state index contributed by atoms with van der Waals surface area (Å²) in [5.41, 5.74) is 5.00. The molecule has 0 aliphatic rings. The second kappa shape index (κ2) is 5.03. The van der Waals surface area contributed by atoms with Gasteiger partial charge in [-0.15, -0.1) is 0 Å². The molecule has 0 saturated carbocycles. The Balaban J connectivity index is 2.30. The Bertz CT molecular complexity index is 558. The second-order valence-corrected chi connectivity index (χ2v) is 3.70. The van der Waals surface area contributed by atoms with E-state index in [4.69, 9.17) is 5.73 Å². The van der Waals surface area contributed by atoms with Crippen LogP contribution in [0.3, 0.4) is 0 Å². The Morgan fingerprint density at radius 2 is 1.94 bits per heavy atom. The van der Waals surface area contributed by atoms with Crippen molar-refractivity contribution >= 4 is 5.69 Å². The van der Waals surface area contributed by atoms with Gasteiger partial charge in [-0.1, -0.05) is 18.2 Å². The van der Waals surface area contributed by atoms with Crippen LogP contribution in [0.15, 0.2) is 30.5 Å². The highest BCUT2D eigenvalue weighted by molar-refractivity contribution is 5.41. The molecule has 2 aromatic rings. The second-order valence-electron chi connectivity index (χ2n) is 3.70. The number of rotatable bonds is 3. The summed E-state index contributed by atoms with van der Waals surface area (Å²) in [5.74, 6) is -0.305. The minimum absolute atomic E-state index is 0.0483. The van der Waals surface area contributed by atoms with Crippen molar-refractivity contribution in [3.63, 3.8) is 0 Å². The van der Waals surface area contributed by atoms with Gasteiger partial charge in [0.1, 0.15) is 17.3 Å². The van der Waals surface area contributed by atoms with Crippen LogP contribution in [0.4, 0.5) is 18.9 Å². The average Bonchev–Trinajstić information content (AvgIpc) is 2.34. The summed E-state index contributed by atoms with van der Waals surface area (Å²) in [6, 6.07) is 6.05. The van der Waals surface area contributed by atoms with Gasteiger partial charge in [0, 0.05) is 6.42 Å². The van der Waals surface area contributed by atoms with E-state index >= 15 is 0 Å². The van der Waals surface area contributed by atoms with Crippen molar-refractivity contribution in [2.45, 2.75) is 12.8 Å². The zero-order chi connectivity index (χ0) is 13.1. The summed E-state index contributed by atoms with van der Waals surface area (Å²) in [7, 11) is 0. The van der Waals surface area contributed by atoms with Crippen molar-refractivity contribution in [3.8, 4) is 0 Å². The number of nitrogens with two attached hydrogens (primary N) is 1. The van der Waals surface area contributed by atoms with Crippen molar-refractivity contribution in [1.82, 2.24) is 9.97 Å². The first-order chi connectivity index (χ1) is 8.58. The monoisotopic (exact) mass is 253 g/mol. The van der Waals surface area contributed by atoms with Crippen molar-refractivity contribution in [2.75, 3.05) is 5.73 Å². The van der Waals surface area contributed by atoms with E-state index in [1.54, 1.807) is 18.2 Å². The Hall–Kier alpha value is -2.11. The third kappa shape index (κ3) is 2.58. The van der Waals surface area contributed by atoms with Crippen LogP contribution >= 0.6 is 0 Å². The predicted octanol–water partition coefficient (Wildman–Crippen LogP) is 2.73. The standard InChI is InChI=1S/C12H10F3N3/c13-8-4-2-1-3-7(8)5-10-17-6-9(16)11(18-10)12(14)15/h1-4,6,12H,5,16H2. The lowest BCUT2D eigenvalue weighted by atomic mass is 10.1. The predicted molar refractivity (Wildman–Crippen MR) is 60.6 cm³/mol. The van der Waals surface area contributed by atoms with Gasteiger partial charge in [-0.2, -0.15) is 0 Å². The van der Waals surface area contributed by atoms with Crippen LogP contribution in [0, 0.1) is 5.82 Å². The first-order valence-electron chi connectivity index (χ1n) is 5.20. The Labute approximate surface area is 101 Å². The Morgan fingerprint density at radius 1 is 1.22 bits per heavy atom. The smallest absolute Gasteiger partial charge is 0.282 e. The number of alkyl halides is 2. The highest BCUT2D eigenvalue weighted by Gasteiger charge is 2.15. The number of hydrogen-bond donors (Lipinski definition) is 1. The zero-order valence-electron chi connectivity index (χ0n) is 9.28. The molecule has 0 atom stereocenters. The minimum atomic E-state index is -2.77. The van der Waals surface area contributed by atoms with E-state index in [2.05, 4.69) is 9.97 Å². The molecule has 0 saturated heterocycles. The number of halogens is 3. The molecule has 0 aliphatic carbocycles. The van der Waals surface area contributed by atoms with Crippen LogP contribution in [-0.4, -0.2) is 9.97 Å². The maximum atomic E-state index is 13.4. The van der Waals surface area contributed by atoms with Gasteiger partial charge in [0.15, 0.2) is 0 Å². The minimum Gasteiger partial charge on any atom is -0.396 e. The summed E-state index contributed by atoms with van der Waals surface area (Å²) >= 11 is 0. The van der Waals surface area contributed by atoms with E-state index in [1.807, 2.05) is 0 Å². The third-order valence-electron chi connectivity index (χ3n) is 2.41. The molecule has 18 heavy (non-hydrogen) atoms. The fourth-order valence-electron chi connectivity index (χ4n) is 1.51. The van der Waals surface area contributed by atoms with Gasteiger partial charge in [-0.25, -0.2) is 23.1 Å². The Morgan fingerprint density at radius 3 is 2.61 bits per heavy atom. The maximum Gasteiger partial charge on any atom is 0.282 e. The van der Waals surface area contributed by atoms with Crippen molar-refractivity contribution in [2.24, 2.45) is 0 Å². The molecule has 2 N–H and O–H groups in total. The molecular formula is C12H10F3N3. The van der Waals surface area contributed by atoms with Gasteiger partial charge in [0.25, 0.3) is 6.43 Å². The van der Waals surface area contributed by atoms with E-state index < -0.39 is 17.9 Å². The highest BCUT2D eigenvalue weighted by atomic mass is 19.3. The molecular weight excluding hydrogens is 243 g/mol. The lowest BCUT2D eigenvalue weighted by Crippen LogP contribution is -2.05. The zero-order valence-corrected chi connectivity index (χ0v) is 9.28. The third-order valence-corrected chi connectivity index (χ3v) is 2.41. The van der Waals surface area contributed by atoms with Crippen LogP contribution in [-0.2, 0) is 6.42 Å². The van der Waals surface area contributed by atoms with Gasteiger partial charge in [-0.3, -0.25) is 0 Å². The number of anilines is 1. The molecule has 0 fully saturated rings. The molecule has 3 nitrogen and oxygen atoms in total. The van der Waals surface area contributed by atoms with Gasteiger partial charge in [-0.05, 0) is 11.6 Å². The normalized spacial score (nSPS) is 10.9. The molecule has 1 heterocycles.